The maximum absolute atomic E-state index is 10.8. The molecule has 0 aromatic heterocycles. The first-order valence-corrected chi connectivity index (χ1v) is 5.71. The molecule has 94 valence electrons. The molecule has 1 aromatic carbocycles. The van der Waals surface area contributed by atoms with Crippen molar-refractivity contribution in [1.29, 1.82) is 0 Å². The van der Waals surface area contributed by atoms with E-state index < -0.39 is 0 Å². The van der Waals surface area contributed by atoms with Gasteiger partial charge in [0.2, 0.25) is 0 Å². The van der Waals surface area contributed by atoms with Gasteiger partial charge in [0.25, 0.3) is 5.69 Å². The van der Waals surface area contributed by atoms with Gasteiger partial charge in [-0.2, -0.15) is 0 Å². The molecule has 17 heavy (non-hydrogen) atoms. The lowest BCUT2D eigenvalue weighted by atomic mass is 10.1. The summed E-state index contributed by atoms with van der Waals surface area (Å²) in [5.41, 5.74) is 0.836. The predicted octanol–water partition coefficient (Wildman–Crippen LogP) is 1.85. The van der Waals surface area contributed by atoms with Crippen molar-refractivity contribution in [2.45, 2.75) is 32.4 Å². The number of para-hydroxylation sites is 1. The topological polar surface area (TPSA) is 75.4 Å². The van der Waals surface area contributed by atoms with Gasteiger partial charge in [-0.1, -0.05) is 18.2 Å². The first-order valence-electron chi connectivity index (χ1n) is 5.71. The van der Waals surface area contributed by atoms with Crippen LogP contribution in [-0.4, -0.2) is 22.7 Å². The van der Waals surface area contributed by atoms with E-state index in [0.29, 0.717) is 12.1 Å². The number of rotatable bonds is 7. The third-order valence-corrected chi connectivity index (χ3v) is 2.62. The van der Waals surface area contributed by atoms with Crippen LogP contribution in [0.1, 0.15) is 25.3 Å². The normalized spacial score (nSPS) is 12.4. The van der Waals surface area contributed by atoms with Gasteiger partial charge in [-0.3, -0.25) is 10.1 Å². The van der Waals surface area contributed by atoms with Crippen molar-refractivity contribution < 1.29 is 10.0 Å². The van der Waals surface area contributed by atoms with E-state index in [0.717, 1.165) is 12.8 Å². The lowest BCUT2D eigenvalue weighted by molar-refractivity contribution is -0.385. The summed E-state index contributed by atoms with van der Waals surface area (Å²) in [7, 11) is 0. The Morgan fingerprint density at radius 1 is 1.47 bits per heavy atom. The summed E-state index contributed by atoms with van der Waals surface area (Å²) >= 11 is 0. The monoisotopic (exact) mass is 238 g/mol. The fraction of sp³-hybridized carbons (Fsp3) is 0.500. The minimum Gasteiger partial charge on any atom is -0.396 e. The first-order chi connectivity index (χ1) is 8.15. The fourth-order valence-electron chi connectivity index (χ4n) is 1.62. The minimum absolute atomic E-state index is 0.148. The quantitative estimate of drug-likeness (QED) is 0.561. The highest BCUT2D eigenvalue weighted by atomic mass is 16.6. The second kappa shape index (κ2) is 6.98. The summed E-state index contributed by atoms with van der Waals surface area (Å²) in [6, 6.07) is 6.96. The number of nitrogens with one attached hydrogen (secondary N) is 1. The molecule has 0 saturated carbocycles. The Bertz CT molecular complexity index is 369. The largest absolute Gasteiger partial charge is 0.396 e. The van der Waals surface area contributed by atoms with Crippen LogP contribution in [-0.2, 0) is 6.54 Å². The van der Waals surface area contributed by atoms with E-state index in [1.165, 1.54) is 6.07 Å². The van der Waals surface area contributed by atoms with Crippen LogP contribution in [0.3, 0.4) is 0 Å². The van der Waals surface area contributed by atoms with E-state index in [-0.39, 0.29) is 23.3 Å². The van der Waals surface area contributed by atoms with E-state index in [1.807, 2.05) is 6.92 Å². The molecule has 0 saturated heterocycles. The van der Waals surface area contributed by atoms with Crippen molar-refractivity contribution in [1.82, 2.24) is 5.32 Å². The van der Waals surface area contributed by atoms with Crippen molar-refractivity contribution >= 4 is 5.69 Å². The molecule has 1 unspecified atom stereocenters. The molecule has 0 spiro atoms. The Balaban J connectivity index is 2.54. The van der Waals surface area contributed by atoms with E-state index in [4.69, 9.17) is 5.11 Å². The van der Waals surface area contributed by atoms with Gasteiger partial charge in [0.1, 0.15) is 0 Å². The lowest BCUT2D eigenvalue weighted by Gasteiger charge is -2.12. The van der Waals surface area contributed by atoms with Crippen molar-refractivity contribution in [3.8, 4) is 0 Å². The molecule has 0 fully saturated rings. The third-order valence-electron chi connectivity index (χ3n) is 2.62. The molecule has 0 bridgehead atoms. The molecule has 1 aromatic rings. The van der Waals surface area contributed by atoms with Gasteiger partial charge < -0.3 is 10.4 Å². The van der Waals surface area contributed by atoms with Gasteiger partial charge in [-0.25, -0.2) is 0 Å². The third kappa shape index (κ3) is 4.50. The van der Waals surface area contributed by atoms with E-state index in [2.05, 4.69) is 5.32 Å². The number of nitro benzene ring substituents is 1. The molecular weight excluding hydrogens is 220 g/mol. The van der Waals surface area contributed by atoms with Gasteiger partial charge >= 0.3 is 0 Å². The maximum atomic E-state index is 10.8. The van der Waals surface area contributed by atoms with Gasteiger partial charge in [-0.05, 0) is 19.8 Å². The minimum atomic E-state index is -0.366. The number of hydrogen-bond donors (Lipinski definition) is 2. The fourth-order valence-corrected chi connectivity index (χ4v) is 1.62. The molecule has 5 heteroatoms. The molecule has 1 rings (SSSR count). The second-order valence-corrected chi connectivity index (χ2v) is 4.03. The number of nitro groups is 1. The SMILES string of the molecule is CC(CCCO)NCc1ccccc1[N+](=O)[O-]. The zero-order valence-corrected chi connectivity index (χ0v) is 9.93. The summed E-state index contributed by atoms with van der Waals surface area (Å²) in [5.74, 6) is 0. The molecular formula is C12H18N2O3. The van der Waals surface area contributed by atoms with E-state index in [9.17, 15) is 10.1 Å². The van der Waals surface area contributed by atoms with Crippen LogP contribution in [0, 0.1) is 10.1 Å². The highest BCUT2D eigenvalue weighted by Crippen LogP contribution is 2.17. The van der Waals surface area contributed by atoms with Crippen LogP contribution >= 0.6 is 0 Å². The van der Waals surface area contributed by atoms with Crippen LogP contribution in [0.4, 0.5) is 5.69 Å². The zero-order valence-electron chi connectivity index (χ0n) is 9.93. The highest BCUT2D eigenvalue weighted by Gasteiger charge is 2.12. The average Bonchev–Trinajstić information content (AvgIpc) is 2.34. The van der Waals surface area contributed by atoms with Gasteiger partial charge in [-0.15, -0.1) is 0 Å². The summed E-state index contributed by atoms with van der Waals surface area (Å²) in [4.78, 5) is 10.4. The Labute approximate surface area is 101 Å². The number of hydrogen-bond acceptors (Lipinski definition) is 4. The smallest absolute Gasteiger partial charge is 0.273 e. The van der Waals surface area contributed by atoms with Crippen LogP contribution in [0.2, 0.25) is 0 Å². The molecule has 2 N–H and O–H groups in total. The van der Waals surface area contributed by atoms with Crippen molar-refractivity contribution in [2.24, 2.45) is 0 Å². The van der Waals surface area contributed by atoms with Crippen LogP contribution in [0.5, 0.6) is 0 Å². The number of benzene rings is 1. The molecule has 0 amide bonds. The van der Waals surface area contributed by atoms with Crippen LogP contribution in [0.25, 0.3) is 0 Å². The summed E-state index contributed by atoms with van der Waals surface area (Å²) in [5, 5.41) is 22.7. The molecule has 0 aliphatic heterocycles. The average molecular weight is 238 g/mol. The number of aliphatic hydroxyl groups excluding tert-OH is 1. The van der Waals surface area contributed by atoms with Crippen LogP contribution in [0.15, 0.2) is 24.3 Å². The van der Waals surface area contributed by atoms with Gasteiger partial charge in [0, 0.05) is 30.8 Å². The van der Waals surface area contributed by atoms with Crippen molar-refractivity contribution in [2.75, 3.05) is 6.61 Å². The summed E-state index contributed by atoms with van der Waals surface area (Å²) in [6.07, 6.45) is 1.60. The standard InChI is InChI=1S/C12H18N2O3/c1-10(5-4-8-15)13-9-11-6-2-3-7-12(11)14(16)17/h2-3,6-7,10,13,15H,4-5,8-9H2,1H3. The molecule has 0 heterocycles. The Hall–Kier alpha value is -1.46. The van der Waals surface area contributed by atoms with Crippen molar-refractivity contribution in [3.05, 3.63) is 39.9 Å². The van der Waals surface area contributed by atoms with Gasteiger partial charge in [0.15, 0.2) is 0 Å². The van der Waals surface area contributed by atoms with Crippen LogP contribution < -0.4 is 5.32 Å². The Morgan fingerprint density at radius 2 is 2.18 bits per heavy atom. The van der Waals surface area contributed by atoms with Crippen molar-refractivity contribution in [3.63, 3.8) is 0 Å². The Morgan fingerprint density at radius 3 is 2.82 bits per heavy atom. The first kappa shape index (κ1) is 13.6. The molecule has 0 radical (unpaired) electrons. The molecule has 1 atom stereocenters. The highest BCUT2D eigenvalue weighted by molar-refractivity contribution is 5.39. The van der Waals surface area contributed by atoms with Gasteiger partial charge in [0.05, 0.1) is 4.92 Å². The zero-order chi connectivity index (χ0) is 12.7. The summed E-state index contributed by atoms with van der Waals surface area (Å²) in [6.45, 7) is 2.66. The number of aliphatic hydroxyl groups is 1. The Kier molecular flexibility index (Phi) is 5.59. The second-order valence-electron chi connectivity index (χ2n) is 4.03. The van der Waals surface area contributed by atoms with E-state index in [1.54, 1.807) is 18.2 Å². The molecule has 0 aliphatic rings. The predicted molar refractivity (Wildman–Crippen MR) is 65.7 cm³/mol. The van der Waals surface area contributed by atoms with E-state index >= 15 is 0 Å². The number of nitrogens with zero attached hydrogens (tertiary/aromatic N) is 1. The summed E-state index contributed by atoms with van der Waals surface area (Å²) < 4.78 is 0. The molecule has 0 aliphatic carbocycles. The molecule has 5 nitrogen and oxygen atoms in total. The lowest BCUT2D eigenvalue weighted by Crippen LogP contribution is -2.25. The maximum Gasteiger partial charge on any atom is 0.273 e.